The average molecular weight is 315 g/mol. The Labute approximate surface area is 132 Å². The zero-order valence-corrected chi connectivity index (χ0v) is 14.3. The van der Waals surface area contributed by atoms with Gasteiger partial charge in [0.05, 0.1) is 22.0 Å². The number of β-amino-alcohol motifs (C(OH)–C–C–N with tert-alkyl or cyclic N) is 1. The van der Waals surface area contributed by atoms with Crippen LogP contribution in [0.3, 0.4) is 0 Å². The first kappa shape index (κ1) is 16.7. The lowest BCUT2D eigenvalue weighted by Gasteiger charge is -2.37. The minimum absolute atomic E-state index is 0.621. The van der Waals surface area contributed by atoms with Crippen molar-refractivity contribution < 1.29 is 5.11 Å². The molecule has 1 aliphatic rings. The molecule has 1 N–H and O–H groups in total. The lowest BCUT2D eigenvalue weighted by Crippen LogP contribution is -2.50. The third-order valence-corrected chi connectivity index (χ3v) is 4.39. The molecule has 0 spiro atoms. The second-order valence-electron chi connectivity index (χ2n) is 6.55. The van der Waals surface area contributed by atoms with E-state index in [0.29, 0.717) is 0 Å². The summed E-state index contributed by atoms with van der Waals surface area (Å²) in [6.45, 7) is 11.3. The van der Waals surface area contributed by atoms with E-state index in [9.17, 15) is 5.11 Å². The van der Waals surface area contributed by atoms with Crippen molar-refractivity contribution in [3.8, 4) is 0 Å². The van der Waals surface area contributed by atoms with E-state index in [-0.39, 0.29) is 0 Å². The third-order valence-electron chi connectivity index (χ3n) is 3.95. The fraction of sp³-hybridized carbons (Fsp3) is 0.800. The number of nitrogens with zero attached hydrogens (tertiary/aromatic N) is 4. The molecule has 0 unspecified atom stereocenters. The van der Waals surface area contributed by atoms with E-state index >= 15 is 0 Å². The van der Waals surface area contributed by atoms with E-state index in [4.69, 9.17) is 11.6 Å². The van der Waals surface area contributed by atoms with Crippen LogP contribution in [0.15, 0.2) is 0 Å². The van der Waals surface area contributed by atoms with E-state index < -0.39 is 5.60 Å². The van der Waals surface area contributed by atoms with Gasteiger partial charge in [0.15, 0.2) is 0 Å². The first-order chi connectivity index (χ1) is 9.80. The predicted molar refractivity (Wildman–Crippen MR) is 85.6 cm³/mol. The highest BCUT2D eigenvalue weighted by molar-refractivity contribution is 6.31. The maximum atomic E-state index is 9.89. The zero-order chi connectivity index (χ0) is 15.6. The van der Waals surface area contributed by atoms with Gasteiger partial charge in [-0.1, -0.05) is 18.5 Å². The van der Waals surface area contributed by atoms with Gasteiger partial charge in [0, 0.05) is 46.3 Å². The lowest BCUT2D eigenvalue weighted by atomic mass is 10.1. The van der Waals surface area contributed by atoms with Crippen LogP contribution in [0, 0.1) is 0 Å². The second kappa shape index (κ2) is 6.65. The van der Waals surface area contributed by atoms with Crippen molar-refractivity contribution in [2.45, 2.75) is 39.3 Å². The quantitative estimate of drug-likeness (QED) is 0.895. The van der Waals surface area contributed by atoms with E-state index in [1.54, 1.807) is 0 Å². The van der Waals surface area contributed by atoms with E-state index in [2.05, 4.69) is 21.8 Å². The van der Waals surface area contributed by atoms with Crippen LogP contribution >= 0.6 is 11.6 Å². The normalized spacial score (nSPS) is 18.4. The fourth-order valence-corrected chi connectivity index (χ4v) is 3.21. The molecule has 0 aliphatic carbocycles. The van der Waals surface area contributed by atoms with E-state index in [0.717, 1.165) is 62.1 Å². The number of halogens is 1. The number of aryl methyl sites for hydroxylation is 2. The summed E-state index contributed by atoms with van der Waals surface area (Å²) < 4.78 is 1.91. The number of hydrogen-bond acceptors (Lipinski definition) is 4. The predicted octanol–water partition coefficient (Wildman–Crippen LogP) is 1.52. The fourth-order valence-electron chi connectivity index (χ4n) is 2.86. The van der Waals surface area contributed by atoms with Crippen LogP contribution in [0.25, 0.3) is 0 Å². The summed E-state index contributed by atoms with van der Waals surface area (Å²) in [4.78, 5) is 4.72. The van der Waals surface area contributed by atoms with Crippen molar-refractivity contribution >= 4 is 11.6 Å². The van der Waals surface area contributed by atoms with Crippen LogP contribution in [0.1, 0.15) is 32.2 Å². The van der Waals surface area contributed by atoms with Crippen molar-refractivity contribution in [2.24, 2.45) is 7.05 Å². The molecule has 0 saturated carbocycles. The van der Waals surface area contributed by atoms with Gasteiger partial charge in [-0.2, -0.15) is 5.10 Å². The summed E-state index contributed by atoms with van der Waals surface area (Å²) in [6.07, 6.45) is 0.867. The molecule has 1 aromatic rings. The van der Waals surface area contributed by atoms with Gasteiger partial charge in [0.1, 0.15) is 0 Å². The average Bonchev–Trinajstić information content (AvgIpc) is 2.66. The number of piperazine rings is 1. The molecule has 1 saturated heterocycles. The molecule has 6 heteroatoms. The molecule has 2 heterocycles. The topological polar surface area (TPSA) is 44.5 Å². The van der Waals surface area contributed by atoms with Gasteiger partial charge in [-0.3, -0.25) is 14.5 Å². The first-order valence-corrected chi connectivity index (χ1v) is 8.05. The van der Waals surface area contributed by atoms with Gasteiger partial charge < -0.3 is 5.11 Å². The van der Waals surface area contributed by atoms with Gasteiger partial charge in [-0.25, -0.2) is 0 Å². The van der Waals surface area contributed by atoms with Crippen molar-refractivity contribution in [3.63, 3.8) is 0 Å². The van der Waals surface area contributed by atoms with Crippen molar-refractivity contribution in [1.82, 2.24) is 19.6 Å². The number of aromatic nitrogens is 2. The standard InChI is InChI=1S/C15H27ClN4O/c1-5-12-14(16)13(18(4)17-12)10-19-6-8-20(9-7-19)11-15(2,3)21/h21H,5-11H2,1-4H3. The monoisotopic (exact) mass is 314 g/mol. The summed E-state index contributed by atoms with van der Waals surface area (Å²) in [5.41, 5.74) is 1.46. The molecule has 5 nitrogen and oxygen atoms in total. The SMILES string of the molecule is CCc1nn(C)c(CN2CCN(CC(C)(C)O)CC2)c1Cl. The molecule has 0 bridgehead atoms. The highest BCUT2D eigenvalue weighted by Crippen LogP contribution is 2.22. The largest absolute Gasteiger partial charge is 0.389 e. The summed E-state index contributed by atoms with van der Waals surface area (Å²) >= 11 is 6.41. The molecule has 0 radical (unpaired) electrons. The zero-order valence-electron chi connectivity index (χ0n) is 13.6. The number of rotatable bonds is 5. The maximum Gasteiger partial charge on any atom is 0.0863 e. The smallest absolute Gasteiger partial charge is 0.0863 e. The van der Waals surface area contributed by atoms with Gasteiger partial charge in [0.2, 0.25) is 0 Å². The Balaban J connectivity index is 1.91. The van der Waals surface area contributed by atoms with E-state index in [1.165, 1.54) is 0 Å². The molecular formula is C15H27ClN4O. The Morgan fingerprint density at radius 1 is 1.19 bits per heavy atom. The Bertz CT molecular complexity index is 473. The van der Waals surface area contributed by atoms with Crippen LogP contribution in [-0.4, -0.2) is 63.0 Å². The number of hydrogen-bond donors (Lipinski definition) is 1. The van der Waals surface area contributed by atoms with Crippen LogP contribution in [0.4, 0.5) is 0 Å². The summed E-state index contributed by atoms with van der Waals surface area (Å²) in [5, 5.41) is 15.2. The van der Waals surface area contributed by atoms with Crippen LogP contribution in [-0.2, 0) is 20.0 Å². The maximum absolute atomic E-state index is 9.89. The Hall–Kier alpha value is -0.620. The second-order valence-corrected chi connectivity index (χ2v) is 6.93. The van der Waals surface area contributed by atoms with Crippen LogP contribution in [0.2, 0.25) is 5.02 Å². The first-order valence-electron chi connectivity index (χ1n) is 7.67. The molecule has 1 aliphatic heterocycles. The molecular weight excluding hydrogens is 288 g/mol. The van der Waals surface area contributed by atoms with Crippen LogP contribution in [0.5, 0.6) is 0 Å². The minimum Gasteiger partial charge on any atom is -0.389 e. The Morgan fingerprint density at radius 3 is 2.24 bits per heavy atom. The molecule has 0 atom stereocenters. The highest BCUT2D eigenvalue weighted by atomic mass is 35.5. The van der Waals surface area contributed by atoms with Crippen LogP contribution < -0.4 is 0 Å². The van der Waals surface area contributed by atoms with Crippen molar-refractivity contribution in [3.05, 3.63) is 16.4 Å². The lowest BCUT2D eigenvalue weighted by molar-refractivity contribution is 0.0164. The van der Waals surface area contributed by atoms with Crippen molar-refractivity contribution in [1.29, 1.82) is 0 Å². The summed E-state index contributed by atoms with van der Waals surface area (Å²) in [6, 6.07) is 0. The van der Waals surface area contributed by atoms with Gasteiger partial charge in [-0.15, -0.1) is 0 Å². The van der Waals surface area contributed by atoms with Gasteiger partial charge in [-0.05, 0) is 20.3 Å². The molecule has 0 aromatic carbocycles. The molecule has 1 fully saturated rings. The Kier molecular flexibility index (Phi) is 5.30. The minimum atomic E-state index is -0.621. The molecule has 21 heavy (non-hydrogen) atoms. The van der Waals surface area contributed by atoms with Gasteiger partial charge >= 0.3 is 0 Å². The summed E-state index contributed by atoms with van der Waals surface area (Å²) in [5.74, 6) is 0. The van der Waals surface area contributed by atoms with E-state index in [1.807, 2.05) is 25.6 Å². The third kappa shape index (κ3) is 4.42. The highest BCUT2D eigenvalue weighted by Gasteiger charge is 2.24. The molecule has 120 valence electrons. The van der Waals surface area contributed by atoms with Gasteiger partial charge in [0.25, 0.3) is 0 Å². The number of aliphatic hydroxyl groups is 1. The summed E-state index contributed by atoms with van der Waals surface area (Å²) in [7, 11) is 1.96. The van der Waals surface area contributed by atoms with Crippen molar-refractivity contribution in [2.75, 3.05) is 32.7 Å². The molecule has 1 aromatic heterocycles. The molecule has 0 amide bonds. The Morgan fingerprint density at radius 2 is 1.76 bits per heavy atom. The molecule has 2 rings (SSSR count).